The Hall–Kier alpha value is -5.14. The molecule has 0 heterocycles. The highest BCUT2D eigenvalue weighted by molar-refractivity contribution is 6.06. The number of para-hydroxylation sites is 1. The van der Waals surface area contributed by atoms with E-state index in [1.54, 1.807) is 0 Å². The van der Waals surface area contributed by atoms with Crippen molar-refractivity contribution in [2.45, 2.75) is 19.3 Å². The van der Waals surface area contributed by atoms with Crippen LogP contribution in [-0.2, 0) is 5.41 Å². The van der Waals surface area contributed by atoms with Gasteiger partial charge in [-0.2, -0.15) is 0 Å². The summed E-state index contributed by atoms with van der Waals surface area (Å²) < 4.78 is 0. The third-order valence-corrected chi connectivity index (χ3v) is 9.00. The van der Waals surface area contributed by atoms with Crippen molar-refractivity contribution in [3.63, 3.8) is 0 Å². The summed E-state index contributed by atoms with van der Waals surface area (Å²) in [6.07, 6.45) is 0. The highest BCUT2D eigenvalue weighted by Crippen LogP contribution is 2.56. The Balaban J connectivity index is 1.38. The zero-order chi connectivity index (χ0) is 28.3. The van der Waals surface area contributed by atoms with Crippen LogP contribution in [0.1, 0.15) is 25.0 Å². The predicted molar refractivity (Wildman–Crippen MR) is 179 cm³/mol. The van der Waals surface area contributed by atoms with Gasteiger partial charge in [0.15, 0.2) is 0 Å². The largest absolute Gasteiger partial charge is 0.310 e. The predicted octanol–water partition coefficient (Wildman–Crippen LogP) is 11.4. The summed E-state index contributed by atoms with van der Waals surface area (Å²) in [6, 6.07) is 55.3. The van der Waals surface area contributed by atoms with Crippen LogP contribution in [-0.4, -0.2) is 0 Å². The molecule has 0 aliphatic heterocycles. The fraction of sp³-hybridized carbons (Fsp3) is 0.0732. The Morgan fingerprint density at radius 1 is 0.476 bits per heavy atom. The molecule has 0 atom stereocenters. The van der Waals surface area contributed by atoms with E-state index >= 15 is 0 Å². The van der Waals surface area contributed by atoms with Gasteiger partial charge in [-0.15, -0.1) is 0 Å². The molecule has 0 saturated carbocycles. The maximum atomic E-state index is 2.44. The van der Waals surface area contributed by atoms with Gasteiger partial charge in [-0.25, -0.2) is 0 Å². The van der Waals surface area contributed by atoms with Gasteiger partial charge in [0.1, 0.15) is 0 Å². The first-order valence-corrected chi connectivity index (χ1v) is 14.7. The zero-order valence-corrected chi connectivity index (χ0v) is 23.9. The summed E-state index contributed by atoms with van der Waals surface area (Å²) in [6.45, 7) is 4.75. The van der Waals surface area contributed by atoms with Crippen molar-refractivity contribution in [1.82, 2.24) is 0 Å². The molecule has 7 aromatic carbocycles. The van der Waals surface area contributed by atoms with Gasteiger partial charge < -0.3 is 4.90 Å². The minimum atomic E-state index is -0.109. The average Bonchev–Trinajstić information content (AvgIpc) is 3.29. The molecule has 1 heteroatoms. The van der Waals surface area contributed by atoms with Gasteiger partial charge in [-0.3, -0.25) is 0 Å². The van der Waals surface area contributed by atoms with Crippen LogP contribution >= 0.6 is 0 Å². The van der Waals surface area contributed by atoms with Crippen molar-refractivity contribution < 1.29 is 0 Å². The van der Waals surface area contributed by atoms with Gasteiger partial charge in [0.2, 0.25) is 0 Å². The Morgan fingerprint density at radius 2 is 1.07 bits per heavy atom. The molecule has 42 heavy (non-hydrogen) atoms. The van der Waals surface area contributed by atoms with E-state index in [0.29, 0.717) is 0 Å². The molecule has 0 amide bonds. The van der Waals surface area contributed by atoms with Gasteiger partial charge >= 0.3 is 0 Å². The van der Waals surface area contributed by atoms with Gasteiger partial charge in [0.25, 0.3) is 0 Å². The van der Waals surface area contributed by atoms with Crippen LogP contribution < -0.4 is 4.90 Å². The van der Waals surface area contributed by atoms with Crippen LogP contribution in [0.15, 0.2) is 152 Å². The number of benzene rings is 7. The quantitative estimate of drug-likeness (QED) is 0.216. The molecule has 0 spiro atoms. The molecule has 7 aromatic rings. The van der Waals surface area contributed by atoms with Crippen molar-refractivity contribution in [2.24, 2.45) is 0 Å². The second-order valence-electron chi connectivity index (χ2n) is 11.8. The second kappa shape index (κ2) is 9.46. The number of fused-ring (bicyclic) bond motifs is 6. The number of anilines is 3. The summed E-state index contributed by atoms with van der Waals surface area (Å²) in [5, 5.41) is 5.13. The average molecular weight is 538 g/mol. The lowest BCUT2D eigenvalue weighted by Gasteiger charge is -2.30. The number of nitrogens with zero attached hydrogens (tertiary/aromatic N) is 1. The van der Waals surface area contributed by atoms with E-state index in [9.17, 15) is 0 Å². The highest BCUT2D eigenvalue weighted by Gasteiger charge is 2.39. The maximum Gasteiger partial charge on any atom is 0.0549 e. The van der Waals surface area contributed by atoms with E-state index in [0.717, 1.165) is 11.4 Å². The lowest BCUT2D eigenvalue weighted by Crippen LogP contribution is -2.16. The van der Waals surface area contributed by atoms with Crippen molar-refractivity contribution in [3.8, 4) is 22.3 Å². The van der Waals surface area contributed by atoms with E-state index in [4.69, 9.17) is 0 Å². The van der Waals surface area contributed by atoms with E-state index in [1.165, 1.54) is 60.6 Å². The number of hydrogen-bond acceptors (Lipinski definition) is 1. The first-order chi connectivity index (χ1) is 20.6. The van der Waals surface area contributed by atoms with E-state index < -0.39 is 0 Å². The molecule has 1 aliphatic carbocycles. The normalized spacial score (nSPS) is 13.2. The smallest absolute Gasteiger partial charge is 0.0549 e. The Labute approximate surface area is 247 Å². The summed E-state index contributed by atoms with van der Waals surface area (Å²) in [7, 11) is 0. The first-order valence-electron chi connectivity index (χ1n) is 14.7. The molecular formula is C41H31N. The van der Waals surface area contributed by atoms with Crippen LogP contribution in [0.2, 0.25) is 0 Å². The number of rotatable bonds is 4. The van der Waals surface area contributed by atoms with Gasteiger partial charge in [-0.05, 0) is 79.7 Å². The summed E-state index contributed by atoms with van der Waals surface area (Å²) in [4.78, 5) is 2.44. The van der Waals surface area contributed by atoms with Crippen LogP contribution in [0.3, 0.4) is 0 Å². The third-order valence-electron chi connectivity index (χ3n) is 9.00. The van der Waals surface area contributed by atoms with Crippen molar-refractivity contribution in [3.05, 3.63) is 163 Å². The van der Waals surface area contributed by atoms with Crippen LogP contribution in [0.5, 0.6) is 0 Å². The summed E-state index contributed by atoms with van der Waals surface area (Å²) >= 11 is 0. The van der Waals surface area contributed by atoms with Crippen molar-refractivity contribution in [1.29, 1.82) is 0 Å². The monoisotopic (exact) mass is 537 g/mol. The molecule has 200 valence electrons. The molecule has 1 aliphatic rings. The molecular weight excluding hydrogens is 506 g/mol. The minimum Gasteiger partial charge on any atom is -0.310 e. The number of hydrogen-bond donors (Lipinski definition) is 0. The minimum absolute atomic E-state index is 0.109. The van der Waals surface area contributed by atoms with Crippen molar-refractivity contribution in [2.75, 3.05) is 4.90 Å². The van der Waals surface area contributed by atoms with Crippen LogP contribution in [0.25, 0.3) is 43.8 Å². The molecule has 0 fully saturated rings. The third kappa shape index (κ3) is 3.71. The first kappa shape index (κ1) is 24.6. The molecule has 0 bridgehead atoms. The Bertz CT molecular complexity index is 2100. The zero-order valence-electron chi connectivity index (χ0n) is 23.9. The molecule has 0 N–H and O–H groups in total. The molecule has 8 rings (SSSR count). The van der Waals surface area contributed by atoms with E-state index in [1.807, 2.05) is 0 Å². The van der Waals surface area contributed by atoms with Crippen molar-refractivity contribution >= 4 is 38.6 Å². The Morgan fingerprint density at radius 3 is 1.88 bits per heavy atom. The standard InChI is InChI=1S/C41H31N/c1-41(2)37-22-11-10-20-36(37)39-38(27-30-14-7-9-19-35(30)40(39)41)42(31-16-4-3-5-17-31)32-25-23-29(24-26-32)34-21-12-15-28-13-6-8-18-33(28)34/h3-27H,1-2H3. The highest BCUT2D eigenvalue weighted by atomic mass is 15.1. The van der Waals surface area contributed by atoms with Crippen LogP contribution in [0, 0.1) is 0 Å². The second-order valence-corrected chi connectivity index (χ2v) is 11.8. The SMILES string of the molecule is CC1(C)c2ccccc2-c2c(N(c3ccccc3)c3ccc(-c4cccc5ccccc45)cc3)cc3ccccc3c21. The fourth-order valence-corrected chi connectivity index (χ4v) is 7.08. The lowest BCUT2D eigenvalue weighted by atomic mass is 9.80. The molecule has 1 nitrogen and oxygen atoms in total. The topological polar surface area (TPSA) is 3.24 Å². The van der Waals surface area contributed by atoms with E-state index in [-0.39, 0.29) is 5.41 Å². The Kier molecular flexibility index (Phi) is 5.55. The van der Waals surface area contributed by atoms with Gasteiger partial charge in [-0.1, -0.05) is 135 Å². The molecule has 0 aromatic heterocycles. The molecule has 0 unspecified atom stereocenters. The van der Waals surface area contributed by atoms with Gasteiger partial charge in [0, 0.05) is 22.4 Å². The maximum absolute atomic E-state index is 2.44. The lowest BCUT2D eigenvalue weighted by molar-refractivity contribution is 0.666. The molecule has 0 saturated heterocycles. The summed E-state index contributed by atoms with van der Waals surface area (Å²) in [5.74, 6) is 0. The summed E-state index contributed by atoms with van der Waals surface area (Å²) in [5.41, 5.74) is 11.3. The fourth-order valence-electron chi connectivity index (χ4n) is 7.08. The molecule has 0 radical (unpaired) electrons. The van der Waals surface area contributed by atoms with Crippen LogP contribution in [0.4, 0.5) is 17.1 Å². The van der Waals surface area contributed by atoms with E-state index in [2.05, 4.69) is 170 Å². The van der Waals surface area contributed by atoms with Gasteiger partial charge in [0.05, 0.1) is 5.69 Å².